The molecule has 0 aromatic carbocycles. The van der Waals surface area contributed by atoms with Gasteiger partial charge in [-0.15, -0.1) is 0 Å². The van der Waals surface area contributed by atoms with Crippen molar-refractivity contribution in [3.63, 3.8) is 0 Å². The summed E-state index contributed by atoms with van der Waals surface area (Å²) in [5.74, 6) is 1.66. The minimum Gasteiger partial charge on any atom is -0.273 e. The van der Waals surface area contributed by atoms with Crippen molar-refractivity contribution in [2.75, 3.05) is 13.1 Å². The van der Waals surface area contributed by atoms with Crippen LogP contribution in [0.15, 0.2) is 0 Å². The average molecular weight is 224 g/mol. The molecule has 92 valence electrons. The van der Waals surface area contributed by atoms with Gasteiger partial charge in [-0.3, -0.25) is 9.80 Å². The van der Waals surface area contributed by atoms with Crippen molar-refractivity contribution in [2.24, 2.45) is 17.8 Å². The van der Waals surface area contributed by atoms with Crippen LogP contribution in [-0.4, -0.2) is 35.1 Å². The first-order valence-corrected chi connectivity index (χ1v) is 6.60. The van der Waals surface area contributed by atoms with Gasteiger partial charge in [-0.1, -0.05) is 27.7 Å². The number of hydrogen-bond donors (Lipinski definition) is 0. The Bertz CT molecular complexity index is 275. The molecule has 16 heavy (non-hydrogen) atoms. The highest BCUT2D eigenvalue weighted by Crippen LogP contribution is 2.33. The fourth-order valence-electron chi connectivity index (χ4n) is 3.06. The van der Waals surface area contributed by atoms with Gasteiger partial charge < -0.3 is 0 Å². The maximum absolute atomic E-state index is 12.4. The van der Waals surface area contributed by atoms with Crippen molar-refractivity contribution in [2.45, 2.75) is 46.6 Å². The monoisotopic (exact) mass is 224 g/mol. The minimum absolute atomic E-state index is 0.246. The smallest absolute Gasteiger partial charge is 0.240 e. The van der Waals surface area contributed by atoms with E-state index in [0.29, 0.717) is 23.8 Å². The van der Waals surface area contributed by atoms with Crippen molar-refractivity contribution < 1.29 is 4.79 Å². The van der Waals surface area contributed by atoms with E-state index in [1.165, 1.54) is 0 Å². The quantitative estimate of drug-likeness (QED) is 0.717. The van der Waals surface area contributed by atoms with Gasteiger partial charge in [0.1, 0.15) is 0 Å². The van der Waals surface area contributed by atoms with Gasteiger partial charge >= 0.3 is 0 Å². The Hall–Kier alpha value is -0.570. The second-order valence-electron chi connectivity index (χ2n) is 5.88. The van der Waals surface area contributed by atoms with Gasteiger partial charge in [-0.2, -0.15) is 0 Å². The highest BCUT2D eigenvalue weighted by Gasteiger charge is 2.43. The first-order chi connectivity index (χ1) is 7.52. The van der Waals surface area contributed by atoms with Gasteiger partial charge in [-0.25, -0.2) is 5.01 Å². The summed E-state index contributed by atoms with van der Waals surface area (Å²) in [6.07, 6.45) is 2.19. The maximum Gasteiger partial charge on any atom is 0.240 e. The lowest BCUT2D eigenvalue weighted by molar-refractivity contribution is -0.163. The molecule has 0 spiro atoms. The molecule has 2 rings (SSSR count). The number of carbonyl (C=O) groups is 1. The predicted octanol–water partition coefficient (Wildman–Crippen LogP) is 2.14. The molecule has 0 aromatic heterocycles. The number of fused-ring (bicyclic) bond motifs is 1. The molecule has 2 atom stereocenters. The van der Waals surface area contributed by atoms with Crippen LogP contribution in [0.4, 0.5) is 0 Å². The molecule has 2 heterocycles. The van der Waals surface area contributed by atoms with E-state index < -0.39 is 0 Å². The highest BCUT2D eigenvalue weighted by molar-refractivity contribution is 5.80. The normalized spacial score (nSPS) is 31.6. The van der Waals surface area contributed by atoms with E-state index in [0.717, 1.165) is 25.9 Å². The number of nitrogens with zero attached hydrogens (tertiary/aromatic N) is 2. The molecule has 1 amide bonds. The number of hydrazine groups is 1. The van der Waals surface area contributed by atoms with Gasteiger partial charge in [0.05, 0.1) is 6.04 Å². The molecule has 2 fully saturated rings. The van der Waals surface area contributed by atoms with E-state index in [4.69, 9.17) is 0 Å². The Kier molecular flexibility index (Phi) is 3.24. The number of carbonyl (C=O) groups excluding carboxylic acids is 1. The van der Waals surface area contributed by atoms with E-state index in [2.05, 4.69) is 37.7 Å². The van der Waals surface area contributed by atoms with Crippen LogP contribution in [0.3, 0.4) is 0 Å². The van der Waals surface area contributed by atoms with E-state index in [1.54, 1.807) is 0 Å². The summed E-state index contributed by atoms with van der Waals surface area (Å²) in [6.45, 7) is 10.9. The Balaban J connectivity index is 2.16. The van der Waals surface area contributed by atoms with Gasteiger partial charge in [0.25, 0.3) is 0 Å². The molecule has 0 radical (unpaired) electrons. The zero-order valence-electron chi connectivity index (χ0n) is 10.9. The first kappa shape index (κ1) is 11.9. The lowest BCUT2D eigenvalue weighted by Crippen LogP contribution is -2.54. The molecule has 3 heteroatoms. The molecular weight excluding hydrogens is 200 g/mol. The van der Waals surface area contributed by atoms with Crippen molar-refractivity contribution in [1.82, 2.24) is 10.0 Å². The van der Waals surface area contributed by atoms with Crippen LogP contribution in [-0.2, 0) is 4.79 Å². The zero-order valence-corrected chi connectivity index (χ0v) is 10.9. The van der Waals surface area contributed by atoms with Crippen LogP contribution in [0.1, 0.15) is 40.5 Å². The maximum atomic E-state index is 12.4. The van der Waals surface area contributed by atoms with Crippen molar-refractivity contribution in [3.8, 4) is 0 Å². The standard InChI is InChI=1S/C13H24N2O/c1-9(2)11-5-7-14-8-6-12(10(3)4)15(14)13(11)16/h9-12H,5-8H2,1-4H3/t11-,12+/m1/s1. The van der Waals surface area contributed by atoms with E-state index >= 15 is 0 Å². The molecule has 2 saturated heterocycles. The summed E-state index contributed by atoms with van der Waals surface area (Å²) < 4.78 is 0. The summed E-state index contributed by atoms with van der Waals surface area (Å²) in [4.78, 5) is 12.4. The van der Waals surface area contributed by atoms with Crippen LogP contribution in [0, 0.1) is 17.8 Å². The molecule has 0 unspecified atom stereocenters. The summed E-state index contributed by atoms with van der Waals surface area (Å²) in [6, 6.07) is 0.439. The van der Waals surface area contributed by atoms with Crippen molar-refractivity contribution in [3.05, 3.63) is 0 Å². The molecule has 0 N–H and O–H groups in total. The second kappa shape index (κ2) is 4.36. The number of amides is 1. The van der Waals surface area contributed by atoms with Crippen LogP contribution in [0.25, 0.3) is 0 Å². The highest BCUT2D eigenvalue weighted by atomic mass is 16.2. The van der Waals surface area contributed by atoms with Gasteiger partial charge in [0.2, 0.25) is 5.91 Å². The van der Waals surface area contributed by atoms with Crippen molar-refractivity contribution >= 4 is 5.91 Å². The molecule has 0 aliphatic carbocycles. The van der Waals surface area contributed by atoms with Gasteiger partial charge in [0.15, 0.2) is 0 Å². The third-order valence-corrected chi connectivity index (χ3v) is 4.12. The van der Waals surface area contributed by atoms with Crippen LogP contribution in [0.2, 0.25) is 0 Å². The van der Waals surface area contributed by atoms with Crippen molar-refractivity contribution in [1.29, 1.82) is 0 Å². The van der Waals surface area contributed by atoms with E-state index in [1.807, 2.05) is 0 Å². The molecule has 0 bridgehead atoms. The second-order valence-corrected chi connectivity index (χ2v) is 5.88. The Morgan fingerprint density at radius 2 is 1.69 bits per heavy atom. The summed E-state index contributed by atoms with van der Waals surface area (Å²) in [5, 5.41) is 4.35. The third kappa shape index (κ3) is 1.86. The largest absolute Gasteiger partial charge is 0.273 e. The summed E-state index contributed by atoms with van der Waals surface area (Å²) in [7, 11) is 0. The lowest BCUT2D eigenvalue weighted by Gasteiger charge is -2.42. The van der Waals surface area contributed by atoms with Crippen LogP contribution in [0.5, 0.6) is 0 Å². The van der Waals surface area contributed by atoms with Gasteiger partial charge in [0, 0.05) is 19.0 Å². The van der Waals surface area contributed by atoms with Crippen LogP contribution >= 0.6 is 0 Å². The SMILES string of the molecule is CC(C)[C@H]1CCN2CC[C@@H](C(C)C)N2C1=O. The average Bonchev–Trinajstić information content (AvgIpc) is 2.61. The minimum atomic E-state index is 0.246. The summed E-state index contributed by atoms with van der Waals surface area (Å²) >= 11 is 0. The van der Waals surface area contributed by atoms with E-state index in [-0.39, 0.29) is 5.92 Å². The van der Waals surface area contributed by atoms with Gasteiger partial charge in [-0.05, 0) is 24.7 Å². The lowest BCUT2D eigenvalue weighted by atomic mass is 9.89. The van der Waals surface area contributed by atoms with Crippen LogP contribution < -0.4 is 0 Å². The topological polar surface area (TPSA) is 23.6 Å². The molecule has 3 nitrogen and oxygen atoms in total. The first-order valence-electron chi connectivity index (χ1n) is 6.60. The fourth-order valence-corrected chi connectivity index (χ4v) is 3.06. The number of rotatable bonds is 2. The Morgan fingerprint density at radius 3 is 2.25 bits per heavy atom. The molecule has 0 saturated carbocycles. The molecular formula is C13H24N2O. The Morgan fingerprint density at radius 1 is 1.06 bits per heavy atom. The summed E-state index contributed by atoms with van der Waals surface area (Å²) in [5.41, 5.74) is 0. The predicted molar refractivity (Wildman–Crippen MR) is 64.6 cm³/mol. The molecule has 2 aliphatic heterocycles. The molecule has 2 aliphatic rings. The Labute approximate surface area is 98.8 Å². The fraction of sp³-hybridized carbons (Fsp3) is 0.923. The molecule has 0 aromatic rings. The third-order valence-electron chi connectivity index (χ3n) is 4.12. The number of hydrogen-bond acceptors (Lipinski definition) is 2. The zero-order chi connectivity index (χ0) is 11.9. The van der Waals surface area contributed by atoms with E-state index in [9.17, 15) is 4.79 Å².